The van der Waals surface area contributed by atoms with E-state index in [1.54, 1.807) is 19.2 Å². The predicted octanol–water partition coefficient (Wildman–Crippen LogP) is 8.92. The van der Waals surface area contributed by atoms with E-state index in [1.807, 2.05) is 79.7 Å². The largest absolute Gasteiger partial charge is 2.00 e. The molecule has 0 spiro atoms. The van der Waals surface area contributed by atoms with Crippen LogP contribution in [0.15, 0.2) is 121 Å². The van der Waals surface area contributed by atoms with E-state index in [9.17, 15) is 9.50 Å². The first-order valence-electron chi connectivity index (χ1n) is 16.9. The summed E-state index contributed by atoms with van der Waals surface area (Å²) in [6, 6.07) is 37.0. The summed E-state index contributed by atoms with van der Waals surface area (Å²) in [5.74, 6) is 1.14. The molecule has 9 rings (SSSR count). The van der Waals surface area contributed by atoms with E-state index in [0.29, 0.717) is 25.4 Å². The molecule has 2 aliphatic heterocycles. The van der Waals surface area contributed by atoms with Gasteiger partial charge >= 0.3 is 17.1 Å². The van der Waals surface area contributed by atoms with Crippen molar-refractivity contribution in [1.29, 1.82) is 0 Å². The molecule has 0 saturated carbocycles. The molecule has 3 aliphatic rings. The summed E-state index contributed by atoms with van der Waals surface area (Å²) in [5, 5.41) is 14.4. The fourth-order valence-corrected chi connectivity index (χ4v) is 7.76. The van der Waals surface area contributed by atoms with Gasteiger partial charge in [0.25, 0.3) is 0 Å². The molecule has 1 saturated heterocycles. The second kappa shape index (κ2) is 13.6. The smallest absolute Gasteiger partial charge is 0.495 e. The van der Waals surface area contributed by atoms with Crippen molar-refractivity contribution >= 4 is 22.5 Å². The molecule has 6 aromatic carbocycles. The molecular formula is C43H38FFeNO4. The molecule has 6 aromatic rings. The molecule has 0 radical (unpaired) electrons. The standard InChI is InChI=1S/C38H33FNO4.C5H5.Fe/c1-3-37(41)31-11-7-6-10-27(31)34-29-23-33(42-2)32(40-18-20-43-21-19-40)22-30(29)36-28(35(34)37)16-17-38(44-36,24-8-4-5-9-24)25-12-14-26(39)15-13-25;1-2-4-5-3-1;/h4-17,22-23,41H,3,18-21H2,1-2H3;1-5H;/q2*-1;+2. The van der Waals surface area contributed by atoms with Gasteiger partial charge < -0.3 is 24.2 Å². The number of ether oxygens (including phenoxy) is 3. The van der Waals surface area contributed by atoms with Crippen LogP contribution in [0, 0.1) is 5.82 Å². The summed E-state index contributed by atoms with van der Waals surface area (Å²) < 4.78 is 33.1. The van der Waals surface area contributed by atoms with Crippen LogP contribution >= 0.6 is 0 Å². The zero-order valence-electron chi connectivity index (χ0n) is 28.0. The number of halogens is 1. The molecule has 1 aliphatic carbocycles. The van der Waals surface area contributed by atoms with E-state index in [1.165, 1.54) is 12.1 Å². The zero-order chi connectivity index (χ0) is 33.6. The van der Waals surface area contributed by atoms with Gasteiger partial charge in [-0.1, -0.05) is 49.4 Å². The second-order valence-corrected chi connectivity index (χ2v) is 12.7. The van der Waals surface area contributed by atoms with Crippen LogP contribution in [-0.4, -0.2) is 38.5 Å². The average molecular weight is 708 g/mol. The van der Waals surface area contributed by atoms with Crippen molar-refractivity contribution in [2.24, 2.45) is 0 Å². The molecule has 2 atom stereocenters. The predicted molar refractivity (Wildman–Crippen MR) is 193 cm³/mol. The van der Waals surface area contributed by atoms with Gasteiger partial charge in [0.15, 0.2) is 5.60 Å². The summed E-state index contributed by atoms with van der Waals surface area (Å²) in [6.07, 6.45) is 4.64. The third-order valence-electron chi connectivity index (χ3n) is 10.2. The van der Waals surface area contributed by atoms with E-state index in [2.05, 4.69) is 35.3 Å². The topological polar surface area (TPSA) is 51.2 Å². The van der Waals surface area contributed by atoms with Gasteiger partial charge in [-0.05, 0) is 58.8 Å². The zero-order valence-corrected chi connectivity index (χ0v) is 29.1. The average Bonchev–Trinajstić information content (AvgIpc) is 3.96. The van der Waals surface area contributed by atoms with Crippen LogP contribution < -0.4 is 14.4 Å². The number of hydrogen-bond acceptors (Lipinski definition) is 5. The normalized spacial score (nSPS) is 20.1. The van der Waals surface area contributed by atoms with Gasteiger partial charge in [-0.15, -0.1) is 5.56 Å². The van der Waals surface area contributed by atoms with Gasteiger partial charge in [0, 0.05) is 35.2 Å². The SMILES string of the molecule is CCC1(O)c2ccccc2-c2c1c1c(c3cc(N4CCOCC4)c(OC)cc23)OC(c2ccc(F)cc2)(c2ccc[cH-]2)C=C1.[Fe+2].c1cc[cH-]c1. The second-order valence-electron chi connectivity index (χ2n) is 12.7. The molecule has 50 heavy (non-hydrogen) atoms. The minimum atomic E-state index is -1.20. The molecule has 1 N–H and O–H groups in total. The maximum Gasteiger partial charge on any atom is 2.00 e. The van der Waals surface area contributed by atoms with Crippen molar-refractivity contribution in [3.8, 4) is 22.6 Å². The van der Waals surface area contributed by atoms with Crippen molar-refractivity contribution < 1.29 is 40.8 Å². The number of anilines is 1. The van der Waals surface area contributed by atoms with Gasteiger partial charge in [0.1, 0.15) is 22.9 Å². The number of morpholine rings is 1. The molecule has 1 fully saturated rings. The molecule has 5 nitrogen and oxygen atoms in total. The summed E-state index contributed by atoms with van der Waals surface area (Å²) >= 11 is 0. The Kier molecular flexibility index (Phi) is 9.19. The van der Waals surface area contributed by atoms with Gasteiger partial charge in [0.05, 0.1) is 26.0 Å². The molecule has 254 valence electrons. The third-order valence-corrected chi connectivity index (χ3v) is 10.2. The number of hydrogen-bond donors (Lipinski definition) is 1. The number of fused-ring (bicyclic) bond motifs is 8. The third kappa shape index (κ3) is 5.37. The minimum absolute atomic E-state index is 0. The molecule has 0 bridgehead atoms. The Labute approximate surface area is 302 Å². The number of methoxy groups -OCH3 is 1. The van der Waals surface area contributed by atoms with E-state index in [-0.39, 0.29) is 22.9 Å². The fraction of sp³-hybridized carbons (Fsp3) is 0.209. The van der Waals surface area contributed by atoms with Gasteiger partial charge in [-0.2, -0.15) is 30.3 Å². The number of benzene rings is 4. The minimum Gasteiger partial charge on any atom is -0.495 e. The summed E-state index contributed by atoms with van der Waals surface area (Å²) in [7, 11) is 1.70. The van der Waals surface area contributed by atoms with Gasteiger partial charge in [0.2, 0.25) is 0 Å². The van der Waals surface area contributed by atoms with Crippen LogP contribution in [0.5, 0.6) is 11.5 Å². The maximum atomic E-state index is 14.2. The van der Waals surface area contributed by atoms with Crippen molar-refractivity contribution in [1.82, 2.24) is 0 Å². The van der Waals surface area contributed by atoms with Crippen LogP contribution in [0.1, 0.15) is 41.2 Å². The molecule has 7 heteroatoms. The van der Waals surface area contributed by atoms with Crippen molar-refractivity contribution in [2.45, 2.75) is 24.5 Å². The van der Waals surface area contributed by atoms with Crippen LogP contribution in [0.2, 0.25) is 0 Å². The van der Waals surface area contributed by atoms with E-state index in [0.717, 1.165) is 74.2 Å². The van der Waals surface area contributed by atoms with Crippen LogP contribution in [0.4, 0.5) is 10.1 Å². The number of nitrogens with zero attached hydrogens (tertiary/aromatic N) is 1. The first-order valence-corrected chi connectivity index (χ1v) is 16.9. The van der Waals surface area contributed by atoms with Crippen LogP contribution in [0.25, 0.3) is 28.0 Å². The number of aliphatic hydroxyl groups is 1. The monoisotopic (exact) mass is 707 g/mol. The van der Waals surface area contributed by atoms with E-state index >= 15 is 0 Å². The van der Waals surface area contributed by atoms with Crippen molar-refractivity contribution in [3.63, 3.8) is 0 Å². The van der Waals surface area contributed by atoms with E-state index < -0.39 is 11.2 Å². The van der Waals surface area contributed by atoms with Crippen LogP contribution in [0.3, 0.4) is 0 Å². The molecule has 2 heterocycles. The fourth-order valence-electron chi connectivity index (χ4n) is 7.76. The first-order chi connectivity index (χ1) is 24.0. The van der Waals surface area contributed by atoms with E-state index in [4.69, 9.17) is 14.2 Å². The quantitative estimate of drug-likeness (QED) is 0.143. The summed E-state index contributed by atoms with van der Waals surface area (Å²) in [6.45, 7) is 4.81. The number of rotatable bonds is 5. The summed E-state index contributed by atoms with van der Waals surface area (Å²) in [4.78, 5) is 2.29. The Balaban J connectivity index is 0.000000603. The Bertz CT molecular complexity index is 2120. The van der Waals surface area contributed by atoms with Gasteiger partial charge in [-0.25, -0.2) is 28.7 Å². The van der Waals surface area contributed by atoms with Crippen molar-refractivity contribution in [2.75, 3.05) is 38.3 Å². The Hall–Kier alpha value is -4.65. The molecule has 0 amide bonds. The Morgan fingerprint density at radius 3 is 2.34 bits per heavy atom. The Morgan fingerprint density at radius 1 is 0.920 bits per heavy atom. The first kappa shape index (κ1) is 33.8. The molecule has 0 aromatic heterocycles. The molecular weight excluding hydrogens is 669 g/mol. The molecule has 2 unspecified atom stereocenters. The summed E-state index contributed by atoms with van der Waals surface area (Å²) in [5.41, 5.74) is 5.13. The van der Waals surface area contributed by atoms with Crippen molar-refractivity contribution in [3.05, 3.63) is 155 Å². The van der Waals surface area contributed by atoms with Gasteiger partial charge in [-0.3, -0.25) is 0 Å². The maximum absolute atomic E-state index is 14.2. The Morgan fingerprint density at radius 2 is 1.68 bits per heavy atom. The van der Waals surface area contributed by atoms with Crippen LogP contribution in [-0.2, 0) is 33.0 Å².